The summed E-state index contributed by atoms with van der Waals surface area (Å²) in [6, 6.07) is 17.0. The third kappa shape index (κ3) is 4.45. The molecule has 4 rings (SSSR count). The predicted molar refractivity (Wildman–Crippen MR) is 124 cm³/mol. The van der Waals surface area contributed by atoms with Crippen molar-refractivity contribution in [3.8, 4) is 12.1 Å². The highest BCUT2D eigenvalue weighted by atomic mass is 16.2. The van der Waals surface area contributed by atoms with Crippen molar-refractivity contribution in [2.24, 2.45) is 10.8 Å². The lowest BCUT2D eigenvalue weighted by molar-refractivity contribution is -0.125. The summed E-state index contributed by atoms with van der Waals surface area (Å²) in [4.78, 5) is 32.3. The molecule has 2 aliphatic rings. The van der Waals surface area contributed by atoms with Crippen LogP contribution in [0, 0.1) is 33.5 Å². The van der Waals surface area contributed by atoms with Gasteiger partial charge in [-0.2, -0.15) is 10.5 Å². The lowest BCUT2D eigenvalue weighted by atomic mass is 9.86. The molecule has 0 aliphatic heterocycles. The van der Waals surface area contributed by atoms with E-state index in [4.69, 9.17) is 0 Å². The zero-order valence-corrected chi connectivity index (χ0v) is 18.6. The number of aromatic nitrogens is 1. The summed E-state index contributed by atoms with van der Waals surface area (Å²) < 4.78 is 0. The second-order valence-corrected chi connectivity index (χ2v) is 9.02. The molecule has 2 fully saturated rings. The maximum atomic E-state index is 13.6. The van der Waals surface area contributed by atoms with E-state index in [-0.39, 0.29) is 18.4 Å². The fourth-order valence-corrected chi connectivity index (χ4v) is 4.89. The number of nitrogens with zero attached hydrogens (tertiary/aromatic N) is 4. The van der Waals surface area contributed by atoms with E-state index in [0.29, 0.717) is 37.1 Å². The molecule has 0 unspecified atom stereocenters. The third-order valence-corrected chi connectivity index (χ3v) is 6.91. The van der Waals surface area contributed by atoms with E-state index in [0.717, 1.165) is 31.4 Å². The van der Waals surface area contributed by atoms with Crippen molar-refractivity contribution in [1.82, 2.24) is 4.98 Å². The summed E-state index contributed by atoms with van der Waals surface area (Å²) in [6.45, 7) is 0.256. The zero-order valence-electron chi connectivity index (χ0n) is 18.6. The van der Waals surface area contributed by atoms with Crippen molar-refractivity contribution in [3.05, 3.63) is 54.4 Å². The van der Waals surface area contributed by atoms with Crippen LogP contribution in [0.1, 0.15) is 57.1 Å². The SMILES string of the molecule is N#CC1(C(=O)Nc2ccc(N(Cc3ccccn3)C(=O)C3(C#N)CCCC3)cc2)CCCC1. The van der Waals surface area contributed by atoms with Gasteiger partial charge in [-0.05, 0) is 62.1 Å². The molecule has 0 atom stereocenters. The smallest absolute Gasteiger partial charge is 0.247 e. The molecule has 7 heteroatoms. The van der Waals surface area contributed by atoms with Crippen LogP contribution in [-0.4, -0.2) is 16.8 Å². The molecule has 1 N–H and O–H groups in total. The monoisotopic (exact) mass is 441 g/mol. The molecular weight excluding hydrogens is 414 g/mol. The number of hydrogen-bond donors (Lipinski definition) is 1. The standard InChI is InChI=1S/C26H27N5O2/c27-18-25(12-2-3-13-25)23(32)30-20-8-10-22(11-9-20)31(17-21-7-1-6-16-29-21)24(33)26(19-28)14-4-5-15-26/h1,6-11,16H,2-5,12-15,17H2,(H,30,32). The molecule has 0 saturated heterocycles. The molecule has 7 nitrogen and oxygen atoms in total. The average Bonchev–Trinajstić information content (AvgIpc) is 3.54. The molecule has 168 valence electrons. The number of benzene rings is 1. The molecule has 1 heterocycles. The first-order valence-corrected chi connectivity index (χ1v) is 11.5. The van der Waals surface area contributed by atoms with Gasteiger partial charge >= 0.3 is 0 Å². The minimum Gasteiger partial charge on any atom is -0.325 e. The second-order valence-electron chi connectivity index (χ2n) is 9.02. The Labute approximate surface area is 194 Å². The van der Waals surface area contributed by atoms with E-state index in [9.17, 15) is 20.1 Å². The Morgan fingerprint density at radius 3 is 2.06 bits per heavy atom. The minimum absolute atomic E-state index is 0.209. The minimum atomic E-state index is -1.01. The lowest BCUT2D eigenvalue weighted by Crippen LogP contribution is -2.42. The van der Waals surface area contributed by atoms with Crippen LogP contribution < -0.4 is 10.2 Å². The second kappa shape index (κ2) is 9.42. The number of rotatable bonds is 6. The first kappa shape index (κ1) is 22.5. The maximum Gasteiger partial charge on any atom is 0.247 e. The Balaban J connectivity index is 1.58. The van der Waals surface area contributed by atoms with Gasteiger partial charge in [-0.15, -0.1) is 0 Å². The van der Waals surface area contributed by atoms with E-state index in [1.54, 1.807) is 35.4 Å². The van der Waals surface area contributed by atoms with Gasteiger partial charge in [0.1, 0.15) is 10.8 Å². The van der Waals surface area contributed by atoms with Crippen molar-refractivity contribution >= 4 is 23.2 Å². The number of hydrogen-bond acceptors (Lipinski definition) is 5. The topological polar surface area (TPSA) is 110 Å². The average molecular weight is 442 g/mol. The van der Waals surface area contributed by atoms with Crippen molar-refractivity contribution < 1.29 is 9.59 Å². The van der Waals surface area contributed by atoms with Gasteiger partial charge in [0.15, 0.2) is 0 Å². The molecule has 0 radical (unpaired) electrons. The first-order valence-electron chi connectivity index (χ1n) is 11.5. The van der Waals surface area contributed by atoms with Crippen LogP contribution in [0.3, 0.4) is 0 Å². The number of pyridine rings is 1. The molecule has 2 aliphatic carbocycles. The number of amides is 2. The first-order chi connectivity index (χ1) is 16.0. The largest absolute Gasteiger partial charge is 0.325 e. The molecule has 1 aromatic carbocycles. The molecule has 2 amide bonds. The summed E-state index contributed by atoms with van der Waals surface area (Å²) in [5, 5.41) is 22.3. The molecular formula is C26H27N5O2. The van der Waals surface area contributed by atoms with E-state index >= 15 is 0 Å². The van der Waals surface area contributed by atoms with E-state index < -0.39 is 10.8 Å². The maximum absolute atomic E-state index is 13.6. The van der Waals surface area contributed by atoms with E-state index in [1.807, 2.05) is 18.2 Å². The van der Waals surface area contributed by atoms with Gasteiger partial charge in [0.05, 0.1) is 24.4 Å². The van der Waals surface area contributed by atoms with Gasteiger partial charge in [0.25, 0.3) is 0 Å². The normalized spacial score (nSPS) is 18.1. The van der Waals surface area contributed by atoms with Crippen LogP contribution in [0.15, 0.2) is 48.7 Å². The van der Waals surface area contributed by atoms with Gasteiger partial charge < -0.3 is 10.2 Å². The summed E-state index contributed by atoms with van der Waals surface area (Å²) in [6.07, 6.45) is 7.45. The fraction of sp³-hybridized carbons (Fsp3) is 0.423. The Kier molecular flexibility index (Phi) is 6.42. The van der Waals surface area contributed by atoms with Gasteiger partial charge in [-0.3, -0.25) is 14.6 Å². The zero-order chi connectivity index (χ0) is 23.3. The van der Waals surface area contributed by atoms with Crippen LogP contribution in [0.25, 0.3) is 0 Å². The summed E-state index contributed by atoms with van der Waals surface area (Å²) in [5.41, 5.74) is -0.0242. The Hall–Kier alpha value is -3.71. The number of nitrogens with one attached hydrogen (secondary N) is 1. The summed E-state index contributed by atoms with van der Waals surface area (Å²) >= 11 is 0. The third-order valence-electron chi connectivity index (χ3n) is 6.91. The highest BCUT2D eigenvalue weighted by Gasteiger charge is 2.45. The van der Waals surface area contributed by atoms with Gasteiger partial charge in [-0.25, -0.2) is 0 Å². The van der Waals surface area contributed by atoms with Crippen molar-refractivity contribution in [2.75, 3.05) is 10.2 Å². The van der Waals surface area contributed by atoms with E-state index in [1.165, 1.54) is 0 Å². The molecule has 0 bridgehead atoms. The Morgan fingerprint density at radius 2 is 1.52 bits per heavy atom. The Bertz CT molecular complexity index is 1090. The number of nitriles is 2. The molecule has 2 aromatic rings. The number of carbonyl (C=O) groups excluding carboxylic acids is 2. The molecule has 0 spiro atoms. The van der Waals surface area contributed by atoms with Crippen LogP contribution in [0.2, 0.25) is 0 Å². The van der Waals surface area contributed by atoms with Crippen LogP contribution >= 0.6 is 0 Å². The van der Waals surface area contributed by atoms with Crippen molar-refractivity contribution in [1.29, 1.82) is 10.5 Å². The summed E-state index contributed by atoms with van der Waals surface area (Å²) in [5.74, 6) is -0.481. The van der Waals surface area contributed by atoms with E-state index in [2.05, 4.69) is 22.4 Å². The number of carbonyl (C=O) groups is 2. The molecule has 2 saturated carbocycles. The van der Waals surface area contributed by atoms with Gasteiger partial charge in [0, 0.05) is 17.6 Å². The predicted octanol–water partition coefficient (Wildman–Crippen LogP) is 4.72. The molecule has 1 aromatic heterocycles. The highest BCUT2D eigenvalue weighted by Crippen LogP contribution is 2.41. The molecule has 33 heavy (non-hydrogen) atoms. The van der Waals surface area contributed by atoms with Crippen LogP contribution in [0.5, 0.6) is 0 Å². The van der Waals surface area contributed by atoms with Crippen molar-refractivity contribution in [3.63, 3.8) is 0 Å². The lowest BCUT2D eigenvalue weighted by Gasteiger charge is -2.30. The fourth-order valence-electron chi connectivity index (χ4n) is 4.89. The van der Waals surface area contributed by atoms with Crippen LogP contribution in [-0.2, 0) is 16.1 Å². The number of anilines is 2. The van der Waals surface area contributed by atoms with Gasteiger partial charge in [-0.1, -0.05) is 31.7 Å². The van der Waals surface area contributed by atoms with Crippen LogP contribution in [0.4, 0.5) is 11.4 Å². The summed E-state index contributed by atoms with van der Waals surface area (Å²) in [7, 11) is 0. The highest BCUT2D eigenvalue weighted by molar-refractivity contribution is 6.00. The Morgan fingerprint density at radius 1 is 0.909 bits per heavy atom. The quantitative estimate of drug-likeness (QED) is 0.697. The van der Waals surface area contributed by atoms with Gasteiger partial charge in [0.2, 0.25) is 11.8 Å². The van der Waals surface area contributed by atoms with Crippen molar-refractivity contribution in [2.45, 2.75) is 57.9 Å².